The fraction of sp³-hybridized carbons (Fsp3) is 0. The Bertz CT molecular complexity index is 1090. The quantitative estimate of drug-likeness (QED) is 0.314. The molecule has 2 aliphatic rings. The van der Waals surface area contributed by atoms with Crippen LogP contribution in [0.1, 0.15) is 9.75 Å². The molecular weight excluding hydrogens is 544 g/mol. The Balaban J connectivity index is 2.10. The molecule has 27 heavy (non-hydrogen) atoms. The molecule has 0 bridgehead atoms. The Hall–Kier alpha value is -1.67. The molecule has 0 unspecified atom stereocenters. The Morgan fingerprint density at radius 2 is 1.52 bits per heavy atom. The molecule has 0 spiro atoms. The Kier molecular flexibility index (Phi) is 4.88. The SMILES string of the molecule is O=[N+]([O-])C1=C(c2ccc(Br)s2)C2=CNSN2C(c2ccc(Br)s2)=C1[N+](=O)[O-]. The zero-order valence-electron chi connectivity index (χ0n) is 12.8. The normalized spacial score (nSPS) is 16.4. The molecule has 0 atom stereocenters. The first kappa shape index (κ1) is 18.7. The third-order valence-electron chi connectivity index (χ3n) is 3.69. The van der Waals surface area contributed by atoms with Gasteiger partial charge in [-0.3, -0.25) is 24.5 Å². The van der Waals surface area contributed by atoms with Crippen LogP contribution in [0.25, 0.3) is 11.3 Å². The average molecular weight is 550 g/mol. The van der Waals surface area contributed by atoms with Crippen LogP contribution in [0.15, 0.2) is 55.1 Å². The van der Waals surface area contributed by atoms with Gasteiger partial charge in [0.2, 0.25) is 0 Å². The number of thiophene rings is 2. The van der Waals surface area contributed by atoms with E-state index in [0.717, 1.165) is 19.7 Å². The number of hydrogen-bond acceptors (Lipinski definition) is 9. The number of nitro groups is 2. The molecule has 0 saturated heterocycles. The monoisotopic (exact) mass is 548 g/mol. The molecule has 138 valence electrons. The van der Waals surface area contributed by atoms with Crippen LogP contribution in [0, 0.1) is 20.2 Å². The zero-order valence-corrected chi connectivity index (χ0v) is 18.5. The second-order valence-electron chi connectivity index (χ2n) is 5.18. The number of nitrogens with zero attached hydrogens (tertiary/aromatic N) is 3. The Morgan fingerprint density at radius 1 is 0.926 bits per heavy atom. The van der Waals surface area contributed by atoms with Crippen LogP contribution in [0.2, 0.25) is 0 Å². The second-order valence-corrected chi connectivity index (χ2v) is 10.9. The first-order valence-corrected chi connectivity index (χ1v) is 11.1. The molecule has 2 aromatic heterocycles. The fourth-order valence-corrected chi connectivity index (χ4v) is 6.44. The molecule has 0 radical (unpaired) electrons. The standard InChI is InChI=1S/C14H6Br2N4O4S3/c15-9-3-1-7(25-9)11-6-5-17-27-18(6)12(8-2-4-10(16)26-8)14(20(23)24)13(11)19(21)22/h1-5,17H. The van der Waals surface area contributed by atoms with Crippen LogP contribution in [0.3, 0.4) is 0 Å². The summed E-state index contributed by atoms with van der Waals surface area (Å²) >= 11 is 10.4. The van der Waals surface area contributed by atoms with E-state index in [-0.39, 0.29) is 11.3 Å². The molecule has 2 aliphatic heterocycles. The van der Waals surface area contributed by atoms with Crippen LogP contribution in [-0.4, -0.2) is 14.2 Å². The van der Waals surface area contributed by atoms with Gasteiger partial charge in [0.05, 0.1) is 40.1 Å². The van der Waals surface area contributed by atoms with Crippen molar-refractivity contribution in [2.24, 2.45) is 0 Å². The summed E-state index contributed by atoms with van der Waals surface area (Å²) in [6, 6.07) is 6.92. The molecule has 0 fully saturated rings. The van der Waals surface area contributed by atoms with E-state index in [0.29, 0.717) is 15.5 Å². The van der Waals surface area contributed by atoms with Gasteiger partial charge in [-0.1, -0.05) is 0 Å². The molecule has 0 aliphatic carbocycles. The molecular formula is C14H6Br2N4O4S3. The van der Waals surface area contributed by atoms with E-state index in [1.54, 1.807) is 34.8 Å². The van der Waals surface area contributed by atoms with Crippen molar-refractivity contribution in [3.8, 4) is 0 Å². The molecule has 13 heteroatoms. The minimum absolute atomic E-state index is 0.183. The summed E-state index contributed by atoms with van der Waals surface area (Å²) in [5.41, 5.74) is -0.128. The summed E-state index contributed by atoms with van der Waals surface area (Å²) in [7, 11) is 0. The first-order valence-electron chi connectivity index (χ1n) is 7.10. The van der Waals surface area contributed by atoms with Crippen molar-refractivity contribution in [3.05, 3.63) is 85.1 Å². The van der Waals surface area contributed by atoms with Gasteiger partial charge in [-0.15, -0.1) is 22.7 Å². The van der Waals surface area contributed by atoms with Crippen molar-refractivity contribution in [1.82, 2.24) is 9.03 Å². The molecule has 0 aromatic carbocycles. The van der Waals surface area contributed by atoms with Crippen LogP contribution in [0.4, 0.5) is 0 Å². The molecule has 8 nitrogen and oxygen atoms in total. The molecule has 4 heterocycles. The van der Waals surface area contributed by atoms with E-state index < -0.39 is 21.2 Å². The highest BCUT2D eigenvalue weighted by molar-refractivity contribution is 9.11. The number of halogens is 2. The summed E-state index contributed by atoms with van der Waals surface area (Å²) < 4.78 is 6.13. The third-order valence-corrected chi connectivity index (χ3v) is 7.75. The lowest BCUT2D eigenvalue weighted by atomic mass is 10.0. The largest absolute Gasteiger partial charge is 0.372 e. The first-order chi connectivity index (χ1) is 12.9. The van der Waals surface area contributed by atoms with Crippen LogP contribution in [-0.2, 0) is 0 Å². The van der Waals surface area contributed by atoms with E-state index >= 15 is 0 Å². The maximum atomic E-state index is 12.0. The van der Waals surface area contributed by atoms with Gasteiger partial charge in [0, 0.05) is 11.1 Å². The average Bonchev–Trinajstić information content (AvgIpc) is 3.33. The number of rotatable bonds is 4. The van der Waals surface area contributed by atoms with Crippen LogP contribution >= 0.6 is 66.7 Å². The molecule has 0 saturated carbocycles. The minimum Gasteiger partial charge on any atom is -0.316 e. The van der Waals surface area contributed by atoms with Crippen molar-refractivity contribution >= 4 is 77.9 Å². The van der Waals surface area contributed by atoms with Gasteiger partial charge in [0.15, 0.2) is 5.70 Å². The maximum Gasteiger partial charge on any atom is 0.372 e. The highest BCUT2D eigenvalue weighted by Crippen LogP contribution is 2.51. The van der Waals surface area contributed by atoms with Gasteiger partial charge >= 0.3 is 11.4 Å². The van der Waals surface area contributed by atoms with Crippen molar-refractivity contribution in [1.29, 1.82) is 0 Å². The molecule has 4 rings (SSSR count). The smallest absolute Gasteiger partial charge is 0.316 e. The molecule has 1 N–H and O–H groups in total. The second kappa shape index (κ2) is 7.05. The Morgan fingerprint density at radius 3 is 2.04 bits per heavy atom. The highest BCUT2D eigenvalue weighted by atomic mass is 79.9. The van der Waals surface area contributed by atoms with Crippen LogP contribution < -0.4 is 4.72 Å². The van der Waals surface area contributed by atoms with Crippen molar-refractivity contribution < 1.29 is 9.85 Å². The lowest BCUT2D eigenvalue weighted by Gasteiger charge is -2.25. The summed E-state index contributed by atoms with van der Waals surface area (Å²) in [6.07, 6.45) is 1.62. The number of hydrogen-bond donors (Lipinski definition) is 1. The zero-order chi connectivity index (χ0) is 19.3. The van der Waals surface area contributed by atoms with Crippen LogP contribution in [0.5, 0.6) is 0 Å². The highest BCUT2D eigenvalue weighted by Gasteiger charge is 2.48. The van der Waals surface area contributed by atoms with E-state index in [2.05, 4.69) is 36.6 Å². The number of nitrogens with one attached hydrogen (secondary N) is 1. The summed E-state index contributed by atoms with van der Waals surface area (Å²) in [6.45, 7) is 0. The maximum absolute atomic E-state index is 12.0. The van der Waals surface area contributed by atoms with Gasteiger partial charge in [0.1, 0.15) is 5.57 Å². The number of fused-ring (bicyclic) bond motifs is 1. The lowest BCUT2D eigenvalue weighted by molar-refractivity contribution is -0.478. The van der Waals surface area contributed by atoms with Crippen molar-refractivity contribution in [2.75, 3.05) is 0 Å². The van der Waals surface area contributed by atoms with Crippen molar-refractivity contribution in [3.63, 3.8) is 0 Å². The molecule has 2 aromatic rings. The van der Waals surface area contributed by atoms with Crippen molar-refractivity contribution in [2.45, 2.75) is 0 Å². The minimum atomic E-state index is -0.681. The van der Waals surface area contributed by atoms with Gasteiger partial charge < -0.3 is 4.72 Å². The topological polar surface area (TPSA) is 102 Å². The number of allylic oxidation sites excluding steroid dienone is 1. The summed E-state index contributed by atoms with van der Waals surface area (Å²) in [5.74, 6) is 0. The van der Waals surface area contributed by atoms with Gasteiger partial charge in [-0.2, -0.15) is 0 Å². The summed E-state index contributed by atoms with van der Waals surface area (Å²) in [5, 5.41) is 23.9. The summed E-state index contributed by atoms with van der Waals surface area (Å²) in [4.78, 5) is 23.7. The third kappa shape index (κ3) is 3.12. The predicted molar refractivity (Wildman–Crippen MR) is 113 cm³/mol. The van der Waals surface area contributed by atoms with E-state index in [4.69, 9.17) is 0 Å². The van der Waals surface area contributed by atoms with Gasteiger partial charge in [0.25, 0.3) is 0 Å². The lowest BCUT2D eigenvalue weighted by Crippen LogP contribution is -2.26. The predicted octanol–water partition coefficient (Wildman–Crippen LogP) is 5.29. The van der Waals surface area contributed by atoms with E-state index in [1.807, 2.05) is 0 Å². The fourth-order valence-electron chi connectivity index (χ4n) is 2.73. The van der Waals surface area contributed by atoms with Gasteiger partial charge in [-0.25, -0.2) is 0 Å². The van der Waals surface area contributed by atoms with Gasteiger partial charge in [-0.05, 0) is 56.1 Å². The van der Waals surface area contributed by atoms with E-state index in [1.165, 1.54) is 22.7 Å². The van der Waals surface area contributed by atoms with E-state index in [9.17, 15) is 20.2 Å². The molecule has 0 amide bonds. The Labute approximate surface area is 181 Å².